The van der Waals surface area contributed by atoms with E-state index in [0.29, 0.717) is 11.5 Å². The van der Waals surface area contributed by atoms with Gasteiger partial charge in [-0.15, -0.1) is 0 Å². The van der Waals surface area contributed by atoms with Gasteiger partial charge in [0.15, 0.2) is 0 Å². The Balaban J connectivity index is 1.49. The third kappa shape index (κ3) is 2.42. The molecule has 0 saturated heterocycles. The molecule has 0 aliphatic heterocycles. The molecule has 0 radical (unpaired) electrons. The molecule has 20 heavy (non-hydrogen) atoms. The summed E-state index contributed by atoms with van der Waals surface area (Å²) in [7, 11) is 0. The van der Waals surface area contributed by atoms with Crippen molar-refractivity contribution in [3.63, 3.8) is 0 Å². The second-order valence-corrected chi connectivity index (χ2v) is 8.75. The van der Waals surface area contributed by atoms with Crippen molar-refractivity contribution in [1.29, 1.82) is 0 Å². The average Bonchev–Trinajstić information content (AvgIpc) is 2.65. The van der Waals surface area contributed by atoms with Crippen LogP contribution in [0.3, 0.4) is 0 Å². The lowest BCUT2D eigenvalue weighted by molar-refractivity contribution is 0.107. The van der Waals surface area contributed by atoms with Crippen LogP contribution in [0.2, 0.25) is 0 Å². The number of hydrogen-bond donors (Lipinski definition) is 1. The summed E-state index contributed by atoms with van der Waals surface area (Å²) < 4.78 is 0. The first-order valence-electron chi connectivity index (χ1n) is 9.04. The van der Waals surface area contributed by atoms with Gasteiger partial charge in [0.2, 0.25) is 0 Å². The number of rotatable bonds is 2. The number of fused-ring (bicyclic) bond motifs is 1. The van der Waals surface area contributed by atoms with Gasteiger partial charge in [0.25, 0.3) is 0 Å². The highest BCUT2D eigenvalue weighted by molar-refractivity contribution is 7.80. The Morgan fingerprint density at radius 3 is 2.20 bits per heavy atom. The van der Waals surface area contributed by atoms with E-state index in [0.717, 1.165) is 17.8 Å². The summed E-state index contributed by atoms with van der Waals surface area (Å²) in [4.78, 5) is 1.28. The summed E-state index contributed by atoms with van der Waals surface area (Å²) in [5.74, 6) is 3.04. The molecule has 1 nitrogen and oxygen atoms in total. The van der Waals surface area contributed by atoms with Crippen LogP contribution in [0.15, 0.2) is 0 Å². The van der Waals surface area contributed by atoms with Crippen LogP contribution >= 0.6 is 12.2 Å². The predicted octanol–water partition coefficient (Wildman–Crippen LogP) is 4.84. The zero-order valence-electron chi connectivity index (χ0n) is 12.7. The van der Waals surface area contributed by atoms with Gasteiger partial charge < -0.3 is 5.32 Å². The number of hydrogen-bond acceptors (Lipinski definition) is 1. The fraction of sp³-hybridized carbons (Fsp3) is 0.944. The van der Waals surface area contributed by atoms with Crippen LogP contribution in [-0.4, -0.2) is 11.0 Å². The molecule has 5 saturated carbocycles. The summed E-state index contributed by atoms with van der Waals surface area (Å²) in [5.41, 5.74) is 0.408. The third-order valence-corrected chi connectivity index (χ3v) is 7.36. The summed E-state index contributed by atoms with van der Waals surface area (Å²) in [5, 5.41) is 3.83. The second kappa shape index (κ2) is 5.26. The van der Waals surface area contributed by atoms with Crippen molar-refractivity contribution >= 4 is 17.2 Å². The monoisotopic (exact) mass is 291 g/mol. The maximum atomic E-state index is 5.97. The Morgan fingerprint density at radius 1 is 0.850 bits per heavy atom. The van der Waals surface area contributed by atoms with Gasteiger partial charge in [-0.3, -0.25) is 0 Å². The van der Waals surface area contributed by atoms with E-state index in [-0.39, 0.29) is 0 Å². The van der Waals surface area contributed by atoms with Crippen molar-refractivity contribution in [2.24, 2.45) is 23.2 Å². The third-order valence-electron chi connectivity index (χ3n) is 6.81. The number of thiocarbonyl (C=S) groups is 1. The van der Waals surface area contributed by atoms with Gasteiger partial charge >= 0.3 is 0 Å². The topological polar surface area (TPSA) is 12.0 Å². The molecule has 5 aliphatic rings. The summed E-state index contributed by atoms with van der Waals surface area (Å²) in [6, 6.07) is 0.698. The standard InChI is InChI=1S/C18H29NS/c20-17(19-16-4-2-1-3-5-16)18-7-6-13-8-14(11-18)10-15(9-13)12-18/h13-16H,1-12H2,(H,19,20)/t13?,14-,15-,18?/m1/s1. The Labute approximate surface area is 129 Å². The Kier molecular flexibility index (Phi) is 3.57. The molecule has 0 aromatic carbocycles. The number of nitrogens with one attached hydrogen (secondary N) is 1. The second-order valence-electron chi connectivity index (χ2n) is 8.34. The van der Waals surface area contributed by atoms with Crippen LogP contribution in [0, 0.1) is 23.2 Å². The van der Waals surface area contributed by atoms with Crippen molar-refractivity contribution in [3.05, 3.63) is 0 Å². The summed E-state index contributed by atoms with van der Waals surface area (Å²) in [6.07, 6.45) is 17.2. The molecule has 1 N–H and O–H groups in total. The van der Waals surface area contributed by atoms with Crippen molar-refractivity contribution in [2.75, 3.05) is 0 Å². The largest absolute Gasteiger partial charge is 0.376 e. The van der Waals surface area contributed by atoms with E-state index < -0.39 is 0 Å². The normalized spacial score (nSPS) is 44.3. The Bertz CT molecular complexity index is 371. The predicted molar refractivity (Wildman–Crippen MR) is 87.8 cm³/mol. The van der Waals surface area contributed by atoms with Crippen LogP contribution < -0.4 is 5.32 Å². The fourth-order valence-electron chi connectivity index (χ4n) is 6.03. The van der Waals surface area contributed by atoms with Gasteiger partial charge in [-0.25, -0.2) is 0 Å². The van der Waals surface area contributed by atoms with Crippen molar-refractivity contribution in [1.82, 2.24) is 5.32 Å². The molecule has 0 amide bonds. The van der Waals surface area contributed by atoms with Crippen LogP contribution in [0.5, 0.6) is 0 Å². The molecule has 2 heteroatoms. The summed E-state index contributed by atoms with van der Waals surface area (Å²) >= 11 is 5.97. The molecule has 2 atom stereocenters. The Hall–Kier alpha value is -0.110. The molecule has 0 aromatic rings. The fourth-order valence-corrected chi connectivity index (χ4v) is 6.46. The van der Waals surface area contributed by atoms with Crippen LogP contribution in [0.4, 0.5) is 0 Å². The van der Waals surface area contributed by atoms with E-state index in [9.17, 15) is 0 Å². The molecular weight excluding hydrogens is 262 g/mol. The highest BCUT2D eigenvalue weighted by atomic mass is 32.1. The molecule has 0 unspecified atom stereocenters. The molecule has 5 rings (SSSR count). The molecular formula is C18H29NS. The van der Waals surface area contributed by atoms with Gasteiger partial charge in [-0.1, -0.05) is 31.5 Å². The van der Waals surface area contributed by atoms with Crippen molar-refractivity contribution in [2.45, 2.75) is 83.1 Å². The SMILES string of the molecule is S=C(NC1CCCCC1)C12CCC3C[C@H](C[C@@H](C3)C1)C2. The molecule has 4 bridgehead atoms. The van der Waals surface area contributed by atoms with E-state index in [1.165, 1.54) is 82.0 Å². The van der Waals surface area contributed by atoms with Gasteiger partial charge in [-0.05, 0) is 75.5 Å². The smallest absolute Gasteiger partial charge is 0.0818 e. The minimum atomic E-state index is 0.408. The highest BCUT2D eigenvalue weighted by Gasteiger charge is 2.49. The van der Waals surface area contributed by atoms with E-state index in [4.69, 9.17) is 12.2 Å². The van der Waals surface area contributed by atoms with Crippen molar-refractivity contribution in [3.8, 4) is 0 Å². The molecule has 112 valence electrons. The lowest BCUT2D eigenvalue weighted by atomic mass is 9.61. The van der Waals surface area contributed by atoms with Crippen molar-refractivity contribution < 1.29 is 0 Å². The first-order chi connectivity index (χ1) is 9.73. The van der Waals surface area contributed by atoms with Gasteiger partial charge in [0.05, 0.1) is 4.99 Å². The summed E-state index contributed by atoms with van der Waals surface area (Å²) in [6.45, 7) is 0. The van der Waals surface area contributed by atoms with Gasteiger partial charge in [0, 0.05) is 11.5 Å². The zero-order valence-corrected chi connectivity index (χ0v) is 13.5. The molecule has 0 spiro atoms. The minimum Gasteiger partial charge on any atom is -0.376 e. The van der Waals surface area contributed by atoms with E-state index in [2.05, 4.69) is 5.32 Å². The van der Waals surface area contributed by atoms with E-state index in [1.54, 1.807) is 0 Å². The quantitative estimate of drug-likeness (QED) is 0.730. The van der Waals surface area contributed by atoms with E-state index >= 15 is 0 Å². The van der Waals surface area contributed by atoms with E-state index in [1.807, 2.05) is 0 Å². The average molecular weight is 292 g/mol. The van der Waals surface area contributed by atoms with Gasteiger partial charge in [0.1, 0.15) is 0 Å². The lowest BCUT2D eigenvalue weighted by Gasteiger charge is -2.46. The van der Waals surface area contributed by atoms with Gasteiger partial charge in [-0.2, -0.15) is 0 Å². The molecule has 0 heterocycles. The minimum absolute atomic E-state index is 0.408. The molecule has 0 aromatic heterocycles. The van der Waals surface area contributed by atoms with Crippen LogP contribution in [0.1, 0.15) is 77.0 Å². The highest BCUT2D eigenvalue weighted by Crippen LogP contribution is 2.57. The maximum absolute atomic E-state index is 5.97. The zero-order chi connectivity index (χ0) is 13.6. The van der Waals surface area contributed by atoms with Crippen LogP contribution in [-0.2, 0) is 0 Å². The first-order valence-corrected chi connectivity index (χ1v) is 9.45. The Morgan fingerprint density at radius 2 is 1.50 bits per heavy atom. The lowest BCUT2D eigenvalue weighted by Crippen LogP contribution is -2.48. The molecule has 5 aliphatic carbocycles. The van der Waals surface area contributed by atoms with Crippen LogP contribution in [0.25, 0.3) is 0 Å². The first kappa shape index (κ1) is 13.5. The maximum Gasteiger partial charge on any atom is 0.0818 e. The molecule has 5 fully saturated rings.